The fraction of sp³-hybridized carbons (Fsp3) is 0.692. The fourth-order valence-corrected chi connectivity index (χ4v) is 2.88. The smallest absolute Gasteiger partial charge is 0.0210 e. The van der Waals surface area contributed by atoms with Gasteiger partial charge in [-0.2, -0.15) is 0 Å². The Bertz CT molecular complexity index is 280. The van der Waals surface area contributed by atoms with Gasteiger partial charge in [-0.05, 0) is 49.5 Å². The molecule has 90 valence electrons. The third kappa shape index (κ3) is 4.24. The van der Waals surface area contributed by atoms with Crippen LogP contribution in [0.1, 0.15) is 43.4 Å². The summed E-state index contributed by atoms with van der Waals surface area (Å²) in [4.78, 5) is 1.50. The van der Waals surface area contributed by atoms with Crippen LogP contribution in [0.4, 0.5) is 0 Å². The number of hydrogen-bond acceptors (Lipinski definition) is 3. The molecule has 1 aliphatic carbocycles. The molecule has 0 aliphatic heterocycles. The standard InChI is InChI=1S/C13H22N2S/c14-15-12(9-8-11-6-7-11)3-1-4-13-5-2-10-16-13/h2,5,10-12,15H,1,3-4,6-9,14H2. The first kappa shape index (κ1) is 12.1. The van der Waals surface area contributed by atoms with Crippen LogP contribution in [0.25, 0.3) is 0 Å². The summed E-state index contributed by atoms with van der Waals surface area (Å²) in [5, 5.41) is 2.15. The van der Waals surface area contributed by atoms with Crippen LogP contribution in [-0.2, 0) is 6.42 Å². The van der Waals surface area contributed by atoms with Crippen LogP contribution >= 0.6 is 11.3 Å². The van der Waals surface area contributed by atoms with Crippen molar-refractivity contribution in [1.82, 2.24) is 5.43 Å². The first-order valence-corrected chi connectivity index (χ1v) is 7.25. The highest BCUT2D eigenvalue weighted by molar-refractivity contribution is 7.09. The number of nitrogens with two attached hydrogens (primary N) is 1. The van der Waals surface area contributed by atoms with Crippen molar-refractivity contribution in [2.45, 2.75) is 51.0 Å². The molecule has 1 aliphatic rings. The molecule has 0 spiro atoms. The molecule has 1 saturated carbocycles. The number of nitrogens with one attached hydrogen (secondary N) is 1. The van der Waals surface area contributed by atoms with E-state index in [2.05, 4.69) is 22.9 Å². The number of aryl methyl sites for hydroxylation is 1. The number of hydrogen-bond donors (Lipinski definition) is 2. The lowest BCUT2D eigenvalue weighted by molar-refractivity contribution is 0.430. The fourth-order valence-electron chi connectivity index (χ4n) is 2.13. The summed E-state index contributed by atoms with van der Waals surface area (Å²) < 4.78 is 0. The number of thiophene rings is 1. The van der Waals surface area contributed by atoms with Gasteiger partial charge in [0.25, 0.3) is 0 Å². The second kappa shape index (κ2) is 6.38. The molecular weight excluding hydrogens is 216 g/mol. The Balaban J connectivity index is 1.58. The topological polar surface area (TPSA) is 38.0 Å². The van der Waals surface area contributed by atoms with Crippen LogP contribution in [0.5, 0.6) is 0 Å². The normalized spacial score (nSPS) is 17.6. The van der Waals surface area contributed by atoms with Crippen LogP contribution in [0.2, 0.25) is 0 Å². The van der Waals surface area contributed by atoms with Gasteiger partial charge in [0.1, 0.15) is 0 Å². The number of rotatable bonds is 8. The summed E-state index contributed by atoms with van der Waals surface area (Å²) in [5.74, 6) is 6.61. The molecule has 1 unspecified atom stereocenters. The van der Waals surface area contributed by atoms with E-state index < -0.39 is 0 Å². The van der Waals surface area contributed by atoms with Crippen LogP contribution in [-0.4, -0.2) is 6.04 Å². The van der Waals surface area contributed by atoms with Crippen molar-refractivity contribution < 1.29 is 0 Å². The molecule has 1 fully saturated rings. The minimum Gasteiger partial charge on any atom is -0.271 e. The molecular formula is C13H22N2S. The van der Waals surface area contributed by atoms with Crippen molar-refractivity contribution in [2.24, 2.45) is 11.8 Å². The van der Waals surface area contributed by atoms with Crippen molar-refractivity contribution in [3.05, 3.63) is 22.4 Å². The van der Waals surface area contributed by atoms with Gasteiger partial charge < -0.3 is 0 Å². The molecule has 0 amide bonds. The number of hydrazine groups is 1. The quantitative estimate of drug-likeness (QED) is 0.539. The van der Waals surface area contributed by atoms with Crippen LogP contribution < -0.4 is 11.3 Å². The molecule has 3 heteroatoms. The van der Waals surface area contributed by atoms with Gasteiger partial charge in [0.2, 0.25) is 0 Å². The van der Waals surface area contributed by atoms with E-state index in [1.54, 1.807) is 0 Å². The summed E-state index contributed by atoms with van der Waals surface area (Å²) in [6, 6.07) is 4.88. The molecule has 2 rings (SSSR count). The van der Waals surface area contributed by atoms with Gasteiger partial charge in [-0.25, -0.2) is 0 Å². The van der Waals surface area contributed by atoms with E-state index in [0.717, 1.165) is 5.92 Å². The predicted octanol–water partition coefficient (Wildman–Crippen LogP) is 3.09. The lowest BCUT2D eigenvalue weighted by atomic mass is 10.0. The Morgan fingerprint density at radius 3 is 2.94 bits per heavy atom. The SMILES string of the molecule is NNC(CCCc1cccs1)CCC1CC1. The van der Waals surface area contributed by atoms with E-state index in [1.165, 1.54) is 49.8 Å². The average molecular weight is 238 g/mol. The molecule has 16 heavy (non-hydrogen) atoms. The zero-order valence-electron chi connectivity index (χ0n) is 9.82. The third-order valence-corrected chi connectivity index (χ3v) is 4.35. The van der Waals surface area contributed by atoms with Gasteiger partial charge in [0.15, 0.2) is 0 Å². The summed E-state index contributed by atoms with van der Waals surface area (Å²) in [7, 11) is 0. The molecule has 0 aromatic carbocycles. The third-order valence-electron chi connectivity index (χ3n) is 3.41. The highest BCUT2D eigenvalue weighted by Crippen LogP contribution is 2.34. The Morgan fingerprint density at radius 1 is 1.44 bits per heavy atom. The molecule has 1 heterocycles. The minimum absolute atomic E-state index is 0.528. The first-order valence-electron chi connectivity index (χ1n) is 6.37. The monoisotopic (exact) mass is 238 g/mol. The van der Waals surface area contributed by atoms with Crippen molar-refractivity contribution in [1.29, 1.82) is 0 Å². The van der Waals surface area contributed by atoms with Crippen molar-refractivity contribution in [3.8, 4) is 0 Å². The van der Waals surface area contributed by atoms with E-state index >= 15 is 0 Å². The van der Waals surface area contributed by atoms with Crippen LogP contribution in [0, 0.1) is 5.92 Å². The van der Waals surface area contributed by atoms with E-state index in [-0.39, 0.29) is 0 Å². The van der Waals surface area contributed by atoms with Crippen molar-refractivity contribution in [2.75, 3.05) is 0 Å². The van der Waals surface area contributed by atoms with Gasteiger partial charge in [-0.3, -0.25) is 11.3 Å². The molecule has 3 N–H and O–H groups in total. The molecule has 0 radical (unpaired) electrons. The average Bonchev–Trinajstić information content (AvgIpc) is 2.99. The maximum atomic E-state index is 5.59. The molecule has 1 atom stereocenters. The molecule has 0 bridgehead atoms. The highest BCUT2D eigenvalue weighted by atomic mass is 32.1. The Kier molecular flexibility index (Phi) is 4.82. The summed E-state index contributed by atoms with van der Waals surface area (Å²) in [6.07, 6.45) is 9.19. The zero-order chi connectivity index (χ0) is 11.2. The zero-order valence-corrected chi connectivity index (χ0v) is 10.6. The van der Waals surface area contributed by atoms with Crippen molar-refractivity contribution in [3.63, 3.8) is 0 Å². The van der Waals surface area contributed by atoms with Crippen molar-refractivity contribution >= 4 is 11.3 Å². The second-order valence-electron chi connectivity index (χ2n) is 4.86. The van der Waals surface area contributed by atoms with E-state index in [9.17, 15) is 0 Å². The van der Waals surface area contributed by atoms with Gasteiger partial charge in [0, 0.05) is 10.9 Å². The van der Waals surface area contributed by atoms with E-state index in [1.807, 2.05) is 11.3 Å². The minimum atomic E-state index is 0.528. The lowest BCUT2D eigenvalue weighted by Gasteiger charge is -2.15. The Hall–Kier alpha value is -0.380. The van der Waals surface area contributed by atoms with Gasteiger partial charge >= 0.3 is 0 Å². The lowest BCUT2D eigenvalue weighted by Crippen LogP contribution is -2.35. The Morgan fingerprint density at radius 2 is 2.31 bits per heavy atom. The Labute approximate surface area is 102 Å². The van der Waals surface area contributed by atoms with Gasteiger partial charge in [-0.1, -0.05) is 18.9 Å². The van der Waals surface area contributed by atoms with Gasteiger partial charge in [0.05, 0.1) is 0 Å². The molecule has 2 nitrogen and oxygen atoms in total. The van der Waals surface area contributed by atoms with Crippen LogP contribution in [0.15, 0.2) is 17.5 Å². The molecule has 1 aromatic rings. The van der Waals surface area contributed by atoms with E-state index in [0.29, 0.717) is 6.04 Å². The molecule has 1 aromatic heterocycles. The van der Waals surface area contributed by atoms with E-state index in [4.69, 9.17) is 5.84 Å². The largest absolute Gasteiger partial charge is 0.271 e. The predicted molar refractivity (Wildman–Crippen MR) is 70.3 cm³/mol. The summed E-state index contributed by atoms with van der Waals surface area (Å²) in [5.41, 5.74) is 2.97. The summed E-state index contributed by atoms with van der Waals surface area (Å²) in [6.45, 7) is 0. The van der Waals surface area contributed by atoms with Gasteiger partial charge in [-0.15, -0.1) is 11.3 Å². The summed E-state index contributed by atoms with van der Waals surface area (Å²) >= 11 is 1.86. The maximum Gasteiger partial charge on any atom is 0.0210 e. The molecule has 0 saturated heterocycles. The highest BCUT2D eigenvalue weighted by Gasteiger charge is 2.22. The first-order chi connectivity index (χ1) is 7.88. The second-order valence-corrected chi connectivity index (χ2v) is 5.89. The van der Waals surface area contributed by atoms with Crippen LogP contribution in [0.3, 0.4) is 0 Å². The maximum absolute atomic E-state index is 5.59.